The predicted molar refractivity (Wildman–Crippen MR) is 71.5 cm³/mol. The maximum Gasteiger partial charge on any atom is 0.228 e. The Morgan fingerprint density at radius 1 is 1.65 bits per heavy atom. The van der Waals surface area contributed by atoms with Crippen molar-refractivity contribution in [2.75, 3.05) is 6.54 Å². The third kappa shape index (κ3) is 3.21. The standard InChI is InChI=1S/C12H17ClN2OS/c1-7(10-4-5-11(13)17-10)12(16)15-9(6-14)8-2-3-8/h4-5,7-9H,2-3,6,14H2,1H3,(H,15,16). The highest BCUT2D eigenvalue weighted by atomic mass is 35.5. The van der Waals surface area contributed by atoms with Crippen molar-refractivity contribution in [3.63, 3.8) is 0 Å². The average Bonchev–Trinajstić information content (AvgIpc) is 3.07. The number of rotatable bonds is 5. The molecule has 1 aromatic heterocycles. The minimum atomic E-state index is -0.153. The molecule has 3 N–H and O–H groups in total. The number of thiophene rings is 1. The van der Waals surface area contributed by atoms with Crippen LogP contribution in [0.2, 0.25) is 4.34 Å². The van der Waals surface area contributed by atoms with Crippen molar-refractivity contribution in [2.45, 2.75) is 31.7 Å². The van der Waals surface area contributed by atoms with Gasteiger partial charge in [-0.05, 0) is 37.8 Å². The Balaban J connectivity index is 1.94. The van der Waals surface area contributed by atoms with Crippen molar-refractivity contribution < 1.29 is 4.79 Å². The van der Waals surface area contributed by atoms with Gasteiger partial charge >= 0.3 is 0 Å². The number of carbonyl (C=O) groups excluding carboxylic acids is 1. The van der Waals surface area contributed by atoms with Gasteiger partial charge in [0, 0.05) is 17.5 Å². The SMILES string of the molecule is CC(C(=O)NC(CN)C1CC1)c1ccc(Cl)s1. The molecule has 1 fully saturated rings. The highest BCUT2D eigenvalue weighted by molar-refractivity contribution is 7.16. The third-order valence-electron chi connectivity index (χ3n) is 3.19. The molecule has 2 rings (SSSR count). The minimum absolute atomic E-state index is 0.0471. The summed E-state index contributed by atoms with van der Waals surface area (Å²) in [6, 6.07) is 3.87. The summed E-state index contributed by atoms with van der Waals surface area (Å²) in [5.41, 5.74) is 5.67. The molecule has 0 spiro atoms. The Morgan fingerprint density at radius 3 is 2.82 bits per heavy atom. The molecule has 1 aromatic rings. The van der Waals surface area contributed by atoms with E-state index in [1.54, 1.807) is 0 Å². The molecule has 2 atom stereocenters. The first-order valence-electron chi connectivity index (χ1n) is 5.87. The zero-order chi connectivity index (χ0) is 12.4. The summed E-state index contributed by atoms with van der Waals surface area (Å²) >= 11 is 7.33. The van der Waals surface area contributed by atoms with E-state index in [9.17, 15) is 4.79 Å². The zero-order valence-electron chi connectivity index (χ0n) is 9.78. The Morgan fingerprint density at radius 2 is 2.35 bits per heavy atom. The monoisotopic (exact) mass is 272 g/mol. The van der Waals surface area contributed by atoms with Crippen molar-refractivity contribution in [1.82, 2.24) is 5.32 Å². The van der Waals surface area contributed by atoms with E-state index in [4.69, 9.17) is 17.3 Å². The number of amides is 1. The van der Waals surface area contributed by atoms with Crippen molar-refractivity contribution in [2.24, 2.45) is 11.7 Å². The molecule has 1 aliphatic carbocycles. The molecule has 0 radical (unpaired) electrons. The number of hydrogen-bond donors (Lipinski definition) is 2. The van der Waals surface area contributed by atoms with Gasteiger partial charge in [-0.3, -0.25) is 4.79 Å². The summed E-state index contributed by atoms with van der Waals surface area (Å²) in [5, 5.41) is 3.04. The molecule has 1 heterocycles. The lowest BCUT2D eigenvalue weighted by atomic mass is 10.1. The van der Waals surface area contributed by atoms with Gasteiger partial charge in [-0.15, -0.1) is 11.3 Å². The quantitative estimate of drug-likeness (QED) is 0.865. The lowest BCUT2D eigenvalue weighted by Crippen LogP contribution is -2.43. The van der Waals surface area contributed by atoms with Crippen LogP contribution in [0.3, 0.4) is 0 Å². The average molecular weight is 273 g/mol. The van der Waals surface area contributed by atoms with E-state index in [0.29, 0.717) is 12.5 Å². The van der Waals surface area contributed by atoms with Gasteiger partial charge in [0.05, 0.1) is 10.3 Å². The normalized spacial score (nSPS) is 18.8. The smallest absolute Gasteiger partial charge is 0.228 e. The fourth-order valence-corrected chi connectivity index (χ4v) is 2.98. The molecule has 5 heteroatoms. The fourth-order valence-electron chi connectivity index (χ4n) is 1.87. The number of nitrogens with two attached hydrogens (primary N) is 1. The third-order valence-corrected chi connectivity index (χ3v) is 4.60. The van der Waals surface area contributed by atoms with Crippen LogP contribution in [0.25, 0.3) is 0 Å². The number of carbonyl (C=O) groups is 1. The molecule has 1 aliphatic rings. The molecule has 0 aliphatic heterocycles. The molecule has 0 saturated heterocycles. The number of halogens is 1. The van der Waals surface area contributed by atoms with Crippen LogP contribution in [0.15, 0.2) is 12.1 Å². The van der Waals surface area contributed by atoms with Gasteiger partial charge in [-0.25, -0.2) is 0 Å². The van der Waals surface area contributed by atoms with E-state index in [-0.39, 0.29) is 17.9 Å². The molecule has 1 saturated carbocycles. The molecule has 0 aromatic carbocycles. The second kappa shape index (κ2) is 5.38. The van der Waals surface area contributed by atoms with Crippen LogP contribution in [0.4, 0.5) is 0 Å². The summed E-state index contributed by atoms with van der Waals surface area (Å²) in [7, 11) is 0. The maximum absolute atomic E-state index is 12.1. The fraction of sp³-hybridized carbons (Fsp3) is 0.583. The zero-order valence-corrected chi connectivity index (χ0v) is 11.4. The van der Waals surface area contributed by atoms with E-state index in [1.807, 2.05) is 19.1 Å². The van der Waals surface area contributed by atoms with E-state index in [0.717, 1.165) is 9.21 Å². The number of hydrogen-bond acceptors (Lipinski definition) is 3. The van der Waals surface area contributed by atoms with Gasteiger partial charge in [0.2, 0.25) is 5.91 Å². The Labute approximate surface area is 110 Å². The van der Waals surface area contributed by atoms with Crippen molar-refractivity contribution in [1.29, 1.82) is 0 Å². The first-order valence-corrected chi connectivity index (χ1v) is 7.07. The van der Waals surface area contributed by atoms with Gasteiger partial charge in [0.1, 0.15) is 0 Å². The van der Waals surface area contributed by atoms with Gasteiger partial charge in [0.15, 0.2) is 0 Å². The van der Waals surface area contributed by atoms with Crippen LogP contribution in [-0.4, -0.2) is 18.5 Å². The highest BCUT2D eigenvalue weighted by Crippen LogP contribution is 2.33. The van der Waals surface area contributed by atoms with Crippen LogP contribution in [0, 0.1) is 5.92 Å². The van der Waals surface area contributed by atoms with Gasteiger partial charge in [-0.1, -0.05) is 11.6 Å². The lowest BCUT2D eigenvalue weighted by molar-refractivity contribution is -0.122. The molecule has 2 unspecified atom stereocenters. The first kappa shape index (κ1) is 12.9. The summed E-state index contributed by atoms with van der Waals surface area (Å²) in [5.74, 6) is 0.481. The van der Waals surface area contributed by atoms with E-state index in [1.165, 1.54) is 24.2 Å². The molecule has 3 nitrogen and oxygen atoms in total. The van der Waals surface area contributed by atoms with Crippen LogP contribution in [-0.2, 0) is 4.79 Å². The van der Waals surface area contributed by atoms with Crippen LogP contribution in [0.1, 0.15) is 30.6 Å². The van der Waals surface area contributed by atoms with E-state index >= 15 is 0 Å². The summed E-state index contributed by atoms with van der Waals surface area (Å²) < 4.78 is 0.720. The molecular weight excluding hydrogens is 256 g/mol. The lowest BCUT2D eigenvalue weighted by Gasteiger charge is -2.18. The van der Waals surface area contributed by atoms with Gasteiger partial charge < -0.3 is 11.1 Å². The molecule has 17 heavy (non-hydrogen) atoms. The molecular formula is C12H17ClN2OS. The van der Waals surface area contributed by atoms with Crippen LogP contribution in [0.5, 0.6) is 0 Å². The largest absolute Gasteiger partial charge is 0.351 e. The Bertz CT molecular complexity index is 403. The first-order chi connectivity index (χ1) is 8.11. The molecule has 94 valence electrons. The van der Waals surface area contributed by atoms with E-state index < -0.39 is 0 Å². The van der Waals surface area contributed by atoms with Gasteiger partial charge in [-0.2, -0.15) is 0 Å². The maximum atomic E-state index is 12.1. The predicted octanol–water partition coefficient (Wildman–Crippen LogP) is 2.36. The topological polar surface area (TPSA) is 55.1 Å². The van der Waals surface area contributed by atoms with Gasteiger partial charge in [0.25, 0.3) is 0 Å². The minimum Gasteiger partial charge on any atom is -0.351 e. The second-order valence-corrected chi connectivity index (χ2v) is 6.30. The summed E-state index contributed by atoms with van der Waals surface area (Å²) in [6.07, 6.45) is 2.36. The van der Waals surface area contributed by atoms with Crippen LogP contribution < -0.4 is 11.1 Å². The van der Waals surface area contributed by atoms with E-state index in [2.05, 4.69) is 5.32 Å². The van der Waals surface area contributed by atoms with Crippen molar-refractivity contribution in [3.8, 4) is 0 Å². The van der Waals surface area contributed by atoms with Crippen LogP contribution >= 0.6 is 22.9 Å². The summed E-state index contributed by atoms with van der Waals surface area (Å²) in [4.78, 5) is 13.1. The summed E-state index contributed by atoms with van der Waals surface area (Å²) in [6.45, 7) is 2.42. The molecule has 1 amide bonds. The second-order valence-electron chi connectivity index (χ2n) is 4.55. The molecule has 0 bridgehead atoms. The highest BCUT2D eigenvalue weighted by Gasteiger charge is 2.32. The van der Waals surface area contributed by atoms with Crippen molar-refractivity contribution >= 4 is 28.8 Å². The Hall–Kier alpha value is -0.580. The number of nitrogens with one attached hydrogen (secondary N) is 1. The van der Waals surface area contributed by atoms with Crippen molar-refractivity contribution in [3.05, 3.63) is 21.3 Å². The Kier molecular flexibility index (Phi) is 4.07.